The van der Waals surface area contributed by atoms with Gasteiger partial charge in [0, 0.05) is 5.56 Å². The Morgan fingerprint density at radius 3 is 2.50 bits per heavy atom. The van der Waals surface area contributed by atoms with Crippen molar-refractivity contribution >= 4 is 0 Å². The summed E-state index contributed by atoms with van der Waals surface area (Å²) in [5.74, 6) is -0.766. The first-order valence-corrected chi connectivity index (χ1v) is 4.57. The molecule has 2 N–H and O–H groups in total. The number of aliphatic hydroxyl groups excluding tert-OH is 1. The largest absolute Gasteiger partial charge is 0.504 e. The summed E-state index contributed by atoms with van der Waals surface area (Å²) < 4.78 is 41.6. The molecular weight excluding hydrogens is 225 g/mol. The van der Waals surface area contributed by atoms with E-state index in [-0.39, 0.29) is 12.4 Å². The van der Waals surface area contributed by atoms with Gasteiger partial charge in [-0.2, -0.15) is 13.2 Å². The molecule has 1 unspecified atom stereocenters. The summed E-state index contributed by atoms with van der Waals surface area (Å²) in [4.78, 5) is 0. The van der Waals surface area contributed by atoms with E-state index in [4.69, 9.17) is 9.84 Å². The number of aromatic hydroxyl groups is 1. The maximum absolute atomic E-state index is 12.2. The number of benzene rings is 1. The molecule has 16 heavy (non-hydrogen) atoms. The number of ether oxygens (including phenoxy) is 1. The van der Waals surface area contributed by atoms with Crippen molar-refractivity contribution < 1.29 is 28.1 Å². The van der Waals surface area contributed by atoms with Gasteiger partial charge in [-0.05, 0) is 13.0 Å². The lowest BCUT2D eigenvalue weighted by molar-refractivity contribution is -0.207. The molecule has 0 saturated heterocycles. The third-order valence-electron chi connectivity index (χ3n) is 1.93. The van der Waals surface area contributed by atoms with Crippen molar-refractivity contribution in [3.05, 3.63) is 23.8 Å². The molecule has 0 aromatic heterocycles. The number of phenolic OH excluding ortho intramolecular Hbond substituents is 1. The second-order valence-corrected chi connectivity index (χ2v) is 3.07. The molecule has 0 amide bonds. The monoisotopic (exact) mass is 236 g/mol. The maximum atomic E-state index is 12.2. The Labute approximate surface area is 90.1 Å². The predicted molar refractivity (Wildman–Crippen MR) is 50.3 cm³/mol. The van der Waals surface area contributed by atoms with E-state index < -0.39 is 23.6 Å². The van der Waals surface area contributed by atoms with Crippen LogP contribution in [0, 0.1) is 0 Å². The predicted octanol–water partition coefficient (Wildman–Crippen LogP) is 2.39. The van der Waals surface area contributed by atoms with Gasteiger partial charge in [0.15, 0.2) is 17.6 Å². The highest BCUT2D eigenvalue weighted by Crippen LogP contribution is 2.40. The van der Waals surface area contributed by atoms with Crippen molar-refractivity contribution in [2.24, 2.45) is 0 Å². The van der Waals surface area contributed by atoms with E-state index in [0.717, 1.165) is 6.07 Å². The smallest absolute Gasteiger partial charge is 0.418 e. The standard InChI is InChI=1S/C10H11F3O3/c1-2-16-7-5-3-4-6(8(7)14)9(15)10(11,12)13/h3-5,9,14-15H,2H2,1H3. The molecule has 3 nitrogen and oxygen atoms in total. The molecule has 90 valence electrons. The minimum atomic E-state index is -4.82. The van der Waals surface area contributed by atoms with Crippen molar-refractivity contribution in [2.75, 3.05) is 6.61 Å². The zero-order valence-corrected chi connectivity index (χ0v) is 8.45. The van der Waals surface area contributed by atoms with E-state index in [1.54, 1.807) is 6.92 Å². The van der Waals surface area contributed by atoms with Crippen LogP contribution in [-0.4, -0.2) is 23.0 Å². The van der Waals surface area contributed by atoms with Gasteiger partial charge in [-0.3, -0.25) is 0 Å². The summed E-state index contributed by atoms with van der Waals surface area (Å²) in [6, 6.07) is 3.59. The van der Waals surface area contributed by atoms with Crippen molar-refractivity contribution in [3.63, 3.8) is 0 Å². The molecule has 1 atom stereocenters. The topological polar surface area (TPSA) is 49.7 Å². The number of halogens is 3. The minimum absolute atomic E-state index is 0.0803. The normalized spacial score (nSPS) is 13.6. The number of alkyl halides is 3. The van der Waals surface area contributed by atoms with Gasteiger partial charge < -0.3 is 14.9 Å². The van der Waals surface area contributed by atoms with Crippen LogP contribution in [0.25, 0.3) is 0 Å². The highest BCUT2D eigenvalue weighted by Gasteiger charge is 2.41. The van der Waals surface area contributed by atoms with Crippen LogP contribution in [0.5, 0.6) is 11.5 Å². The van der Waals surface area contributed by atoms with Gasteiger partial charge in [0.05, 0.1) is 6.61 Å². The molecule has 0 spiro atoms. The molecule has 1 aromatic carbocycles. The van der Waals surface area contributed by atoms with E-state index in [1.807, 2.05) is 0 Å². The molecule has 0 bridgehead atoms. The van der Waals surface area contributed by atoms with Crippen molar-refractivity contribution in [3.8, 4) is 11.5 Å². The Hall–Kier alpha value is -1.43. The summed E-state index contributed by atoms with van der Waals surface area (Å²) in [6.45, 7) is 1.84. The van der Waals surface area contributed by atoms with Gasteiger partial charge in [-0.15, -0.1) is 0 Å². The lowest BCUT2D eigenvalue weighted by atomic mass is 10.1. The molecule has 0 aliphatic rings. The van der Waals surface area contributed by atoms with Gasteiger partial charge in [0.25, 0.3) is 0 Å². The molecule has 0 heterocycles. The van der Waals surface area contributed by atoms with Crippen LogP contribution in [0.15, 0.2) is 18.2 Å². The first-order chi connectivity index (χ1) is 7.38. The van der Waals surface area contributed by atoms with Crippen molar-refractivity contribution in [2.45, 2.75) is 19.2 Å². The zero-order valence-electron chi connectivity index (χ0n) is 8.45. The number of hydrogen-bond acceptors (Lipinski definition) is 3. The van der Waals surface area contributed by atoms with Gasteiger partial charge in [-0.1, -0.05) is 12.1 Å². The Morgan fingerprint density at radius 2 is 2.00 bits per heavy atom. The van der Waals surface area contributed by atoms with Crippen LogP contribution >= 0.6 is 0 Å². The average Bonchev–Trinajstić information content (AvgIpc) is 2.19. The highest BCUT2D eigenvalue weighted by atomic mass is 19.4. The van der Waals surface area contributed by atoms with Crippen LogP contribution < -0.4 is 4.74 Å². The van der Waals surface area contributed by atoms with Gasteiger partial charge in [0.2, 0.25) is 0 Å². The van der Waals surface area contributed by atoms with E-state index in [0.29, 0.717) is 0 Å². The van der Waals surface area contributed by atoms with Crippen LogP contribution in [0.3, 0.4) is 0 Å². The zero-order chi connectivity index (χ0) is 12.3. The van der Waals surface area contributed by atoms with Crippen LogP contribution in [0.2, 0.25) is 0 Å². The summed E-state index contributed by atoms with van der Waals surface area (Å²) >= 11 is 0. The molecule has 0 fully saturated rings. The lowest BCUT2D eigenvalue weighted by Gasteiger charge is -2.17. The molecule has 1 aromatic rings. The van der Waals surface area contributed by atoms with Crippen LogP contribution in [-0.2, 0) is 0 Å². The number of para-hydroxylation sites is 1. The van der Waals surface area contributed by atoms with Crippen molar-refractivity contribution in [1.29, 1.82) is 0 Å². The van der Waals surface area contributed by atoms with E-state index in [1.165, 1.54) is 12.1 Å². The van der Waals surface area contributed by atoms with Gasteiger partial charge in [0.1, 0.15) is 0 Å². The second-order valence-electron chi connectivity index (χ2n) is 3.07. The molecule has 0 radical (unpaired) electrons. The SMILES string of the molecule is CCOc1cccc(C(O)C(F)(F)F)c1O. The first-order valence-electron chi connectivity index (χ1n) is 4.57. The first kappa shape index (κ1) is 12.6. The quantitative estimate of drug-likeness (QED) is 0.847. The van der Waals surface area contributed by atoms with E-state index in [2.05, 4.69) is 0 Å². The molecule has 0 aliphatic heterocycles. The van der Waals surface area contributed by atoms with E-state index in [9.17, 15) is 18.3 Å². The summed E-state index contributed by atoms with van der Waals surface area (Å²) in [6.07, 6.45) is -7.53. The Morgan fingerprint density at radius 1 is 1.38 bits per heavy atom. The molecule has 1 rings (SSSR count). The third-order valence-corrected chi connectivity index (χ3v) is 1.93. The Kier molecular flexibility index (Phi) is 3.64. The number of aliphatic hydroxyl groups is 1. The lowest BCUT2D eigenvalue weighted by Crippen LogP contribution is -2.20. The number of phenols is 1. The van der Waals surface area contributed by atoms with Crippen LogP contribution in [0.4, 0.5) is 13.2 Å². The van der Waals surface area contributed by atoms with E-state index >= 15 is 0 Å². The Bertz CT molecular complexity index is 363. The van der Waals surface area contributed by atoms with Crippen LogP contribution in [0.1, 0.15) is 18.6 Å². The number of hydrogen-bond donors (Lipinski definition) is 2. The minimum Gasteiger partial charge on any atom is -0.504 e. The number of rotatable bonds is 3. The van der Waals surface area contributed by atoms with Crippen molar-refractivity contribution in [1.82, 2.24) is 0 Å². The second kappa shape index (κ2) is 4.61. The fourth-order valence-electron chi connectivity index (χ4n) is 1.21. The fourth-order valence-corrected chi connectivity index (χ4v) is 1.21. The maximum Gasteiger partial charge on any atom is 0.418 e. The van der Waals surface area contributed by atoms with Gasteiger partial charge >= 0.3 is 6.18 Å². The summed E-state index contributed by atoms with van der Waals surface area (Å²) in [5, 5.41) is 18.5. The molecule has 0 aliphatic carbocycles. The Balaban J connectivity index is 3.10. The third kappa shape index (κ3) is 2.57. The summed E-state index contributed by atoms with van der Waals surface area (Å²) in [5.41, 5.74) is -0.613. The summed E-state index contributed by atoms with van der Waals surface area (Å²) in [7, 11) is 0. The molecule has 6 heteroatoms. The fraction of sp³-hybridized carbons (Fsp3) is 0.400. The van der Waals surface area contributed by atoms with Gasteiger partial charge in [-0.25, -0.2) is 0 Å². The molecular formula is C10H11F3O3. The molecule has 0 saturated carbocycles. The highest BCUT2D eigenvalue weighted by molar-refractivity contribution is 5.46. The average molecular weight is 236 g/mol.